The average molecular weight is 213 g/mol. The van der Waals surface area contributed by atoms with Crippen molar-refractivity contribution in [2.75, 3.05) is 13.2 Å². The van der Waals surface area contributed by atoms with E-state index in [2.05, 4.69) is 12.2 Å². The van der Waals surface area contributed by atoms with Gasteiger partial charge < -0.3 is 10.1 Å². The maximum Gasteiger partial charge on any atom is 0.246 e. The van der Waals surface area contributed by atoms with E-state index in [0.29, 0.717) is 12.6 Å². The molecule has 0 heterocycles. The molecule has 0 radical (unpaired) electrons. The first-order chi connectivity index (χ1) is 7.22. The van der Waals surface area contributed by atoms with Gasteiger partial charge in [-0.25, -0.2) is 0 Å². The lowest BCUT2D eigenvalue weighted by Gasteiger charge is -2.26. The minimum Gasteiger partial charge on any atom is -0.372 e. The Balaban J connectivity index is 2.09. The Hall–Kier alpha value is -0.570. The molecule has 1 fully saturated rings. The first-order valence-corrected chi connectivity index (χ1v) is 6.09. The molecule has 1 aliphatic rings. The third-order valence-electron chi connectivity index (χ3n) is 2.96. The molecule has 0 bridgehead atoms. The van der Waals surface area contributed by atoms with Crippen LogP contribution in [0.15, 0.2) is 0 Å². The van der Waals surface area contributed by atoms with Crippen LogP contribution >= 0.6 is 0 Å². The van der Waals surface area contributed by atoms with Crippen LogP contribution in [0.4, 0.5) is 0 Å². The minimum absolute atomic E-state index is 0.0444. The summed E-state index contributed by atoms with van der Waals surface area (Å²) in [6.07, 6.45) is 5.69. The summed E-state index contributed by atoms with van der Waals surface area (Å²) in [5.74, 6) is 0.873. The summed E-state index contributed by atoms with van der Waals surface area (Å²) < 4.78 is 5.20. The van der Waals surface area contributed by atoms with Gasteiger partial charge in [0.1, 0.15) is 6.61 Å². The van der Waals surface area contributed by atoms with E-state index in [-0.39, 0.29) is 12.5 Å². The van der Waals surface area contributed by atoms with E-state index in [1.54, 1.807) is 0 Å². The first kappa shape index (κ1) is 12.5. The molecule has 0 unspecified atom stereocenters. The van der Waals surface area contributed by atoms with Crippen LogP contribution in [0.2, 0.25) is 0 Å². The Morgan fingerprint density at radius 1 is 1.33 bits per heavy atom. The molecule has 1 N–H and O–H groups in total. The predicted octanol–water partition coefficient (Wildman–Crippen LogP) is 2.11. The highest BCUT2D eigenvalue weighted by atomic mass is 16.5. The third-order valence-corrected chi connectivity index (χ3v) is 2.96. The summed E-state index contributed by atoms with van der Waals surface area (Å²) in [4.78, 5) is 11.4. The van der Waals surface area contributed by atoms with Crippen molar-refractivity contribution in [1.82, 2.24) is 5.32 Å². The average Bonchev–Trinajstić information content (AvgIpc) is 2.22. The highest BCUT2D eigenvalue weighted by molar-refractivity contribution is 5.77. The van der Waals surface area contributed by atoms with Crippen molar-refractivity contribution in [1.29, 1.82) is 0 Å². The highest BCUT2D eigenvalue weighted by Crippen LogP contribution is 2.23. The van der Waals surface area contributed by atoms with E-state index in [1.807, 2.05) is 6.92 Å². The van der Waals surface area contributed by atoms with Crippen molar-refractivity contribution >= 4 is 5.91 Å². The normalized spacial score (nSPS) is 26.3. The molecule has 0 aromatic heterocycles. The van der Waals surface area contributed by atoms with Crippen molar-refractivity contribution in [3.8, 4) is 0 Å². The van der Waals surface area contributed by atoms with Crippen LogP contribution < -0.4 is 5.32 Å². The van der Waals surface area contributed by atoms with Gasteiger partial charge in [0.05, 0.1) is 0 Å². The molecular weight excluding hydrogens is 190 g/mol. The Bertz CT molecular complexity index is 186. The number of carbonyl (C=O) groups excluding carboxylic acids is 1. The Morgan fingerprint density at radius 2 is 2.00 bits per heavy atom. The molecule has 1 aliphatic carbocycles. The molecule has 3 heteroatoms. The summed E-state index contributed by atoms with van der Waals surface area (Å²) in [6.45, 7) is 5.22. The molecule has 88 valence electrons. The summed E-state index contributed by atoms with van der Waals surface area (Å²) in [5, 5.41) is 3.03. The molecule has 0 saturated heterocycles. The second kappa shape index (κ2) is 6.83. The highest BCUT2D eigenvalue weighted by Gasteiger charge is 2.19. The van der Waals surface area contributed by atoms with E-state index in [4.69, 9.17) is 4.74 Å². The van der Waals surface area contributed by atoms with Gasteiger partial charge in [-0.3, -0.25) is 4.79 Å². The van der Waals surface area contributed by atoms with Gasteiger partial charge in [0.15, 0.2) is 0 Å². The number of nitrogens with one attached hydrogen (secondary N) is 1. The molecule has 0 atom stereocenters. The molecule has 0 aliphatic heterocycles. The second-order valence-electron chi connectivity index (χ2n) is 4.58. The van der Waals surface area contributed by atoms with Gasteiger partial charge in [-0.05, 0) is 38.0 Å². The van der Waals surface area contributed by atoms with Crippen LogP contribution in [-0.4, -0.2) is 25.2 Å². The standard InChI is InChI=1S/C12H23NO2/c1-3-8-15-9-12(14)13-11-6-4-10(2)5-7-11/h10-11H,3-9H2,1-2H3,(H,13,14). The van der Waals surface area contributed by atoms with Gasteiger partial charge in [0, 0.05) is 12.6 Å². The van der Waals surface area contributed by atoms with Gasteiger partial charge in [-0.1, -0.05) is 13.8 Å². The fourth-order valence-corrected chi connectivity index (χ4v) is 1.98. The molecule has 15 heavy (non-hydrogen) atoms. The number of hydrogen-bond donors (Lipinski definition) is 1. The summed E-state index contributed by atoms with van der Waals surface area (Å²) in [7, 11) is 0. The number of ether oxygens (including phenoxy) is 1. The van der Waals surface area contributed by atoms with E-state index in [1.165, 1.54) is 12.8 Å². The molecule has 1 saturated carbocycles. The lowest BCUT2D eigenvalue weighted by Crippen LogP contribution is -2.39. The second-order valence-corrected chi connectivity index (χ2v) is 4.58. The van der Waals surface area contributed by atoms with Crippen molar-refractivity contribution in [2.45, 2.75) is 52.0 Å². The van der Waals surface area contributed by atoms with Crippen LogP contribution in [0, 0.1) is 5.92 Å². The molecular formula is C12H23NO2. The summed E-state index contributed by atoms with van der Waals surface area (Å²) in [5.41, 5.74) is 0. The molecule has 0 aromatic rings. The SMILES string of the molecule is CCCOCC(=O)NC1CCC(C)CC1. The van der Waals surface area contributed by atoms with Crippen LogP contribution in [0.3, 0.4) is 0 Å². The summed E-state index contributed by atoms with van der Waals surface area (Å²) >= 11 is 0. The van der Waals surface area contributed by atoms with Crippen molar-refractivity contribution in [3.63, 3.8) is 0 Å². The zero-order valence-electron chi connectivity index (χ0n) is 9.92. The van der Waals surface area contributed by atoms with Crippen LogP contribution in [0.1, 0.15) is 46.0 Å². The van der Waals surface area contributed by atoms with E-state index in [9.17, 15) is 4.79 Å². The quantitative estimate of drug-likeness (QED) is 0.710. The Morgan fingerprint density at radius 3 is 2.60 bits per heavy atom. The largest absolute Gasteiger partial charge is 0.372 e. The molecule has 3 nitrogen and oxygen atoms in total. The zero-order valence-corrected chi connectivity index (χ0v) is 9.92. The van der Waals surface area contributed by atoms with Crippen molar-refractivity contribution in [3.05, 3.63) is 0 Å². The van der Waals surface area contributed by atoms with Gasteiger partial charge in [0.25, 0.3) is 0 Å². The van der Waals surface area contributed by atoms with Gasteiger partial charge in [0.2, 0.25) is 5.91 Å². The molecule has 1 amide bonds. The van der Waals surface area contributed by atoms with Crippen LogP contribution in [-0.2, 0) is 9.53 Å². The number of hydrogen-bond acceptors (Lipinski definition) is 2. The summed E-state index contributed by atoms with van der Waals surface area (Å²) in [6, 6.07) is 0.388. The molecule has 1 rings (SSSR count). The maximum absolute atomic E-state index is 11.4. The number of carbonyl (C=O) groups is 1. The zero-order chi connectivity index (χ0) is 11.1. The Kier molecular flexibility index (Phi) is 5.69. The van der Waals surface area contributed by atoms with E-state index in [0.717, 1.165) is 25.2 Å². The topological polar surface area (TPSA) is 38.3 Å². The van der Waals surface area contributed by atoms with Crippen LogP contribution in [0.25, 0.3) is 0 Å². The van der Waals surface area contributed by atoms with Crippen LogP contribution in [0.5, 0.6) is 0 Å². The van der Waals surface area contributed by atoms with Gasteiger partial charge >= 0.3 is 0 Å². The third kappa shape index (κ3) is 5.17. The lowest BCUT2D eigenvalue weighted by atomic mass is 9.87. The van der Waals surface area contributed by atoms with Gasteiger partial charge in [-0.15, -0.1) is 0 Å². The monoisotopic (exact) mass is 213 g/mol. The van der Waals surface area contributed by atoms with E-state index >= 15 is 0 Å². The minimum atomic E-state index is 0.0444. The number of amides is 1. The fraction of sp³-hybridized carbons (Fsp3) is 0.917. The smallest absolute Gasteiger partial charge is 0.246 e. The first-order valence-electron chi connectivity index (χ1n) is 6.09. The maximum atomic E-state index is 11.4. The predicted molar refractivity (Wildman–Crippen MR) is 60.7 cm³/mol. The van der Waals surface area contributed by atoms with Gasteiger partial charge in [-0.2, -0.15) is 0 Å². The van der Waals surface area contributed by atoms with Crippen molar-refractivity contribution < 1.29 is 9.53 Å². The Labute approximate surface area is 92.6 Å². The van der Waals surface area contributed by atoms with Crippen molar-refractivity contribution in [2.24, 2.45) is 5.92 Å². The van der Waals surface area contributed by atoms with E-state index < -0.39 is 0 Å². The molecule has 0 aromatic carbocycles. The fourth-order valence-electron chi connectivity index (χ4n) is 1.98. The molecule has 0 spiro atoms. The number of rotatable bonds is 5. The lowest BCUT2D eigenvalue weighted by molar-refractivity contribution is -0.126.